The largest absolute Gasteiger partial charge is 0.352 e. The predicted octanol–water partition coefficient (Wildman–Crippen LogP) is 3.62. The summed E-state index contributed by atoms with van der Waals surface area (Å²) in [6.45, 7) is 7.84. The fourth-order valence-electron chi connectivity index (χ4n) is 2.84. The molecule has 0 saturated carbocycles. The minimum absolute atomic E-state index is 0.00698. The number of rotatable bonds is 7. The van der Waals surface area contributed by atoms with Crippen LogP contribution in [0.5, 0.6) is 0 Å². The molecule has 0 spiro atoms. The minimum atomic E-state index is -0.611. The van der Waals surface area contributed by atoms with Crippen LogP contribution in [0.15, 0.2) is 48.5 Å². The lowest BCUT2D eigenvalue weighted by Crippen LogP contribution is -2.49. The molecule has 0 bridgehead atoms. The van der Waals surface area contributed by atoms with Crippen LogP contribution in [-0.2, 0) is 22.6 Å². The first-order valence-corrected chi connectivity index (χ1v) is 9.16. The molecule has 0 radical (unpaired) electrons. The lowest BCUT2D eigenvalue weighted by Gasteiger charge is -2.30. The fraction of sp³-hybridized carbons (Fsp3) is 0.364. The highest BCUT2D eigenvalue weighted by Gasteiger charge is 2.26. The van der Waals surface area contributed by atoms with E-state index in [0.717, 1.165) is 11.1 Å². The maximum atomic E-state index is 13.1. The smallest absolute Gasteiger partial charge is 0.242 e. The molecule has 0 saturated heterocycles. The van der Waals surface area contributed by atoms with Crippen molar-refractivity contribution in [1.82, 2.24) is 10.2 Å². The molecule has 0 heterocycles. The van der Waals surface area contributed by atoms with E-state index >= 15 is 0 Å². The first-order valence-electron chi connectivity index (χ1n) is 9.16. The number of aryl methyl sites for hydroxylation is 1. The Morgan fingerprint density at radius 1 is 1.04 bits per heavy atom. The number of benzene rings is 2. The molecule has 0 aliphatic carbocycles. The monoisotopic (exact) mass is 370 g/mol. The predicted molar refractivity (Wildman–Crippen MR) is 105 cm³/mol. The summed E-state index contributed by atoms with van der Waals surface area (Å²) < 4.78 is 13.1. The van der Waals surface area contributed by atoms with Crippen molar-refractivity contribution in [2.75, 3.05) is 0 Å². The molecule has 144 valence electrons. The summed E-state index contributed by atoms with van der Waals surface area (Å²) in [5.41, 5.74) is 2.77. The normalized spacial score (nSPS) is 11.9. The Hall–Kier alpha value is -2.69. The van der Waals surface area contributed by atoms with Crippen molar-refractivity contribution >= 4 is 11.8 Å². The Bertz CT molecular complexity index is 787. The van der Waals surface area contributed by atoms with E-state index in [2.05, 4.69) is 5.32 Å². The molecule has 1 N–H and O–H groups in total. The molecule has 27 heavy (non-hydrogen) atoms. The summed E-state index contributed by atoms with van der Waals surface area (Å²) in [7, 11) is 0. The van der Waals surface area contributed by atoms with Gasteiger partial charge in [0.15, 0.2) is 0 Å². The number of hydrogen-bond acceptors (Lipinski definition) is 2. The molecular formula is C22H27FN2O2. The standard InChI is InChI=1S/C22H27FN2O2/c1-15(2)24-22(27)17(4)25(14-19-8-6-5-7-16(19)3)21(26)13-18-9-11-20(23)12-10-18/h5-12,15,17H,13-14H2,1-4H3,(H,24,27). The van der Waals surface area contributed by atoms with Gasteiger partial charge in [-0.15, -0.1) is 0 Å². The number of nitrogens with one attached hydrogen (secondary N) is 1. The molecule has 1 atom stereocenters. The summed E-state index contributed by atoms with van der Waals surface area (Å²) in [6.07, 6.45) is 0.117. The molecule has 0 aliphatic rings. The molecule has 1 unspecified atom stereocenters. The van der Waals surface area contributed by atoms with Crippen molar-refractivity contribution in [3.63, 3.8) is 0 Å². The summed E-state index contributed by atoms with van der Waals surface area (Å²) in [5.74, 6) is -0.699. The van der Waals surface area contributed by atoms with Gasteiger partial charge in [-0.25, -0.2) is 4.39 Å². The van der Waals surface area contributed by atoms with Crippen LogP contribution < -0.4 is 5.32 Å². The van der Waals surface area contributed by atoms with Crippen LogP contribution in [0.3, 0.4) is 0 Å². The third-order valence-electron chi connectivity index (χ3n) is 4.47. The zero-order valence-electron chi connectivity index (χ0n) is 16.3. The van der Waals surface area contributed by atoms with Crippen molar-refractivity contribution < 1.29 is 14.0 Å². The van der Waals surface area contributed by atoms with Gasteiger partial charge in [0.25, 0.3) is 0 Å². The zero-order chi connectivity index (χ0) is 20.0. The van der Waals surface area contributed by atoms with Crippen LogP contribution in [0.1, 0.15) is 37.5 Å². The van der Waals surface area contributed by atoms with Crippen LogP contribution in [0.2, 0.25) is 0 Å². The van der Waals surface area contributed by atoms with E-state index in [1.165, 1.54) is 12.1 Å². The van der Waals surface area contributed by atoms with E-state index in [0.29, 0.717) is 12.1 Å². The Morgan fingerprint density at radius 3 is 2.26 bits per heavy atom. The number of amides is 2. The van der Waals surface area contributed by atoms with Crippen molar-refractivity contribution in [2.24, 2.45) is 0 Å². The summed E-state index contributed by atoms with van der Waals surface area (Å²) in [6, 6.07) is 13.1. The SMILES string of the molecule is Cc1ccccc1CN(C(=O)Cc1ccc(F)cc1)C(C)C(=O)NC(C)C. The van der Waals surface area contributed by atoms with Gasteiger partial charge in [0.2, 0.25) is 11.8 Å². The van der Waals surface area contributed by atoms with E-state index in [9.17, 15) is 14.0 Å². The molecule has 5 heteroatoms. The van der Waals surface area contributed by atoms with Gasteiger partial charge in [-0.3, -0.25) is 9.59 Å². The molecule has 2 amide bonds. The highest BCUT2D eigenvalue weighted by atomic mass is 19.1. The topological polar surface area (TPSA) is 49.4 Å². The molecule has 0 fully saturated rings. The fourth-order valence-corrected chi connectivity index (χ4v) is 2.84. The van der Waals surface area contributed by atoms with Gasteiger partial charge in [-0.2, -0.15) is 0 Å². The van der Waals surface area contributed by atoms with E-state index in [4.69, 9.17) is 0 Å². The molecule has 2 aromatic rings. The average molecular weight is 370 g/mol. The highest BCUT2D eigenvalue weighted by molar-refractivity contribution is 5.88. The van der Waals surface area contributed by atoms with E-state index in [1.54, 1.807) is 24.0 Å². The third-order valence-corrected chi connectivity index (χ3v) is 4.47. The Morgan fingerprint density at radius 2 is 1.67 bits per heavy atom. The lowest BCUT2D eigenvalue weighted by molar-refractivity contribution is -0.140. The van der Waals surface area contributed by atoms with Gasteiger partial charge in [0, 0.05) is 12.6 Å². The summed E-state index contributed by atoms with van der Waals surface area (Å²) in [4.78, 5) is 27.1. The van der Waals surface area contributed by atoms with Crippen LogP contribution in [0.4, 0.5) is 4.39 Å². The maximum Gasteiger partial charge on any atom is 0.242 e. The second-order valence-corrected chi connectivity index (χ2v) is 7.09. The second-order valence-electron chi connectivity index (χ2n) is 7.09. The first-order chi connectivity index (χ1) is 12.8. The number of hydrogen-bond donors (Lipinski definition) is 1. The Labute approximate surface area is 160 Å². The van der Waals surface area contributed by atoms with Crippen molar-refractivity contribution in [1.29, 1.82) is 0 Å². The summed E-state index contributed by atoms with van der Waals surface area (Å²) in [5, 5.41) is 2.87. The Kier molecular flexibility index (Phi) is 7.11. The van der Waals surface area contributed by atoms with Gasteiger partial charge in [0.05, 0.1) is 6.42 Å². The second kappa shape index (κ2) is 9.31. The van der Waals surface area contributed by atoms with Crippen molar-refractivity contribution in [3.05, 3.63) is 71.0 Å². The first kappa shape index (κ1) is 20.6. The van der Waals surface area contributed by atoms with Gasteiger partial charge < -0.3 is 10.2 Å². The number of carbonyl (C=O) groups excluding carboxylic acids is 2. The van der Waals surface area contributed by atoms with Crippen molar-refractivity contribution in [3.8, 4) is 0 Å². The van der Waals surface area contributed by atoms with Crippen LogP contribution in [0.25, 0.3) is 0 Å². The van der Waals surface area contributed by atoms with E-state index < -0.39 is 6.04 Å². The van der Waals surface area contributed by atoms with Crippen LogP contribution in [0, 0.1) is 12.7 Å². The quantitative estimate of drug-likeness (QED) is 0.809. The molecule has 2 aromatic carbocycles. The minimum Gasteiger partial charge on any atom is -0.352 e. The molecule has 0 aliphatic heterocycles. The van der Waals surface area contributed by atoms with Gasteiger partial charge >= 0.3 is 0 Å². The zero-order valence-corrected chi connectivity index (χ0v) is 16.3. The lowest BCUT2D eigenvalue weighted by atomic mass is 10.1. The average Bonchev–Trinajstić information content (AvgIpc) is 2.61. The molecular weight excluding hydrogens is 343 g/mol. The van der Waals surface area contributed by atoms with Gasteiger partial charge in [-0.05, 0) is 56.5 Å². The third kappa shape index (κ3) is 5.91. The summed E-state index contributed by atoms with van der Waals surface area (Å²) >= 11 is 0. The van der Waals surface area contributed by atoms with Gasteiger partial charge in [-0.1, -0.05) is 36.4 Å². The van der Waals surface area contributed by atoms with Crippen LogP contribution >= 0.6 is 0 Å². The number of carbonyl (C=O) groups is 2. The maximum absolute atomic E-state index is 13.1. The van der Waals surface area contributed by atoms with Crippen molar-refractivity contribution in [2.45, 2.75) is 52.7 Å². The highest BCUT2D eigenvalue weighted by Crippen LogP contribution is 2.15. The van der Waals surface area contributed by atoms with E-state index in [1.807, 2.05) is 45.0 Å². The number of halogens is 1. The number of nitrogens with zero attached hydrogens (tertiary/aromatic N) is 1. The molecule has 2 rings (SSSR count). The van der Waals surface area contributed by atoms with Crippen LogP contribution in [-0.4, -0.2) is 28.8 Å². The van der Waals surface area contributed by atoms with E-state index in [-0.39, 0.29) is 30.1 Å². The molecule has 4 nitrogen and oxygen atoms in total. The van der Waals surface area contributed by atoms with Gasteiger partial charge in [0.1, 0.15) is 11.9 Å². The molecule has 0 aromatic heterocycles. The Balaban J connectivity index is 2.24.